The standard InChI is InChI=1S/C10H18N2O/c1-10(2,3)5-6-13-9-7-11-12(4)8-9/h7-8H,5-6H2,1-4H3. The van der Waals surface area contributed by atoms with Crippen molar-refractivity contribution in [1.29, 1.82) is 0 Å². The summed E-state index contributed by atoms with van der Waals surface area (Å²) in [6.45, 7) is 7.38. The molecule has 1 heterocycles. The Hall–Kier alpha value is -0.990. The van der Waals surface area contributed by atoms with Crippen molar-refractivity contribution in [2.45, 2.75) is 27.2 Å². The lowest BCUT2D eigenvalue weighted by Crippen LogP contribution is -2.10. The van der Waals surface area contributed by atoms with Crippen LogP contribution in [0, 0.1) is 5.41 Å². The van der Waals surface area contributed by atoms with Crippen LogP contribution in [0.1, 0.15) is 27.2 Å². The van der Waals surface area contributed by atoms with Gasteiger partial charge in [-0.25, -0.2) is 0 Å². The maximum absolute atomic E-state index is 5.52. The minimum absolute atomic E-state index is 0.336. The second-order valence-electron chi connectivity index (χ2n) is 4.51. The van der Waals surface area contributed by atoms with Gasteiger partial charge in [-0.05, 0) is 11.8 Å². The first-order chi connectivity index (χ1) is 5.97. The van der Waals surface area contributed by atoms with E-state index in [2.05, 4.69) is 25.9 Å². The number of hydrogen-bond donors (Lipinski definition) is 0. The molecule has 0 unspecified atom stereocenters. The van der Waals surface area contributed by atoms with Gasteiger partial charge >= 0.3 is 0 Å². The van der Waals surface area contributed by atoms with Gasteiger partial charge in [0.25, 0.3) is 0 Å². The molecule has 3 nitrogen and oxygen atoms in total. The average molecular weight is 182 g/mol. The second-order valence-corrected chi connectivity index (χ2v) is 4.51. The first-order valence-electron chi connectivity index (χ1n) is 4.59. The van der Waals surface area contributed by atoms with Gasteiger partial charge < -0.3 is 4.74 Å². The van der Waals surface area contributed by atoms with E-state index in [0.29, 0.717) is 5.41 Å². The van der Waals surface area contributed by atoms with E-state index < -0.39 is 0 Å². The first-order valence-corrected chi connectivity index (χ1v) is 4.59. The molecule has 0 spiro atoms. The Morgan fingerprint density at radius 2 is 2.15 bits per heavy atom. The lowest BCUT2D eigenvalue weighted by molar-refractivity contribution is 0.243. The minimum atomic E-state index is 0.336. The van der Waals surface area contributed by atoms with Crippen molar-refractivity contribution < 1.29 is 4.74 Å². The van der Waals surface area contributed by atoms with Crippen molar-refractivity contribution in [3.8, 4) is 5.75 Å². The highest BCUT2D eigenvalue weighted by atomic mass is 16.5. The molecule has 0 amide bonds. The topological polar surface area (TPSA) is 27.1 Å². The molecule has 0 aromatic carbocycles. The fourth-order valence-corrected chi connectivity index (χ4v) is 0.948. The highest BCUT2D eigenvalue weighted by molar-refractivity contribution is 5.11. The summed E-state index contributed by atoms with van der Waals surface area (Å²) >= 11 is 0. The molecular formula is C10H18N2O. The van der Waals surface area contributed by atoms with E-state index in [1.807, 2.05) is 13.2 Å². The van der Waals surface area contributed by atoms with Crippen LogP contribution in [0.4, 0.5) is 0 Å². The molecule has 0 saturated carbocycles. The van der Waals surface area contributed by atoms with E-state index in [-0.39, 0.29) is 0 Å². The second kappa shape index (κ2) is 3.81. The van der Waals surface area contributed by atoms with Gasteiger partial charge in [0.05, 0.1) is 19.0 Å². The maximum Gasteiger partial charge on any atom is 0.157 e. The quantitative estimate of drug-likeness (QED) is 0.716. The van der Waals surface area contributed by atoms with Gasteiger partial charge in [0, 0.05) is 7.05 Å². The maximum atomic E-state index is 5.52. The molecule has 0 atom stereocenters. The van der Waals surface area contributed by atoms with Crippen LogP contribution < -0.4 is 4.74 Å². The van der Waals surface area contributed by atoms with Crippen LogP contribution in [0.2, 0.25) is 0 Å². The normalized spacial score (nSPS) is 11.7. The van der Waals surface area contributed by atoms with E-state index in [1.165, 1.54) is 0 Å². The van der Waals surface area contributed by atoms with Gasteiger partial charge in [-0.3, -0.25) is 4.68 Å². The summed E-state index contributed by atoms with van der Waals surface area (Å²) in [5, 5.41) is 4.02. The Kier molecular flexibility index (Phi) is 2.96. The molecule has 0 saturated heterocycles. The highest BCUT2D eigenvalue weighted by Gasteiger charge is 2.09. The molecule has 0 aliphatic heterocycles. The third kappa shape index (κ3) is 3.97. The molecule has 3 heteroatoms. The number of rotatable bonds is 3. The summed E-state index contributed by atoms with van der Waals surface area (Å²) in [4.78, 5) is 0. The highest BCUT2D eigenvalue weighted by Crippen LogP contribution is 2.19. The summed E-state index contributed by atoms with van der Waals surface area (Å²) in [5.74, 6) is 0.853. The van der Waals surface area contributed by atoms with E-state index >= 15 is 0 Å². The number of aromatic nitrogens is 2. The molecule has 0 aliphatic carbocycles. The van der Waals surface area contributed by atoms with E-state index in [0.717, 1.165) is 18.8 Å². The van der Waals surface area contributed by atoms with Crippen LogP contribution in [0.5, 0.6) is 5.75 Å². The molecule has 0 fully saturated rings. The lowest BCUT2D eigenvalue weighted by atomic mass is 9.93. The van der Waals surface area contributed by atoms with Crippen molar-refractivity contribution in [3.05, 3.63) is 12.4 Å². The van der Waals surface area contributed by atoms with Crippen molar-refractivity contribution in [3.63, 3.8) is 0 Å². The summed E-state index contributed by atoms with van der Waals surface area (Å²) in [6, 6.07) is 0. The van der Waals surface area contributed by atoms with E-state index in [9.17, 15) is 0 Å². The van der Waals surface area contributed by atoms with Crippen LogP contribution in [-0.2, 0) is 7.05 Å². The molecule has 0 bridgehead atoms. The van der Waals surface area contributed by atoms with Crippen molar-refractivity contribution in [2.24, 2.45) is 12.5 Å². The first kappa shape index (κ1) is 10.1. The lowest BCUT2D eigenvalue weighted by Gasteiger charge is -2.17. The third-order valence-corrected chi connectivity index (χ3v) is 1.80. The number of ether oxygens (including phenoxy) is 1. The van der Waals surface area contributed by atoms with E-state index in [4.69, 9.17) is 4.74 Å². The van der Waals surface area contributed by atoms with Gasteiger partial charge in [-0.1, -0.05) is 20.8 Å². The van der Waals surface area contributed by atoms with Crippen molar-refractivity contribution in [2.75, 3.05) is 6.61 Å². The average Bonchev–Trinajstić information content (AvgIpc) is 2.33. The Bertz CT molecular complexity index is 260. The smallest absolute Gasteiger partial charge is 0.157 e. The molecule has 0 radical (unpaired) electrons. The molecule has 0 aliphatic rings. The van der Waals surface area contributed by atoms with Crippen LogP contribution in [0.3, 0.4) is 0 Å². The van der Waals surface area contributed by atoms with Gasteiger partial charge in [-0.2, -0.15) is 5.10 Å². The summed E-state index contributed by atoms with van der Waals surface area (Å²) in [5.41, 5.74) is 0.336. The summed E-state index contributed by atoms with van der Waals surface area (Å²) in [6.07, 6.45) is 4.67. The number of aryl methyl sites for hydroxylation is 1. The number of nitrogens with zero attached hydrogens (tertiary/aromatic N) is 2. The van der Waals surface area contributed by atoms with Crippen LogP contribution in [0.25, 0.3) is 0 Å². The van der Waals surface area contributed by atoms with Crippen molar-refractivity contribution in [1.82, 2.24) is 9.78 Å². The molecule has 1 aromatic heterocycles. The molecule has 1 rings (SSSR count). The summed E-state index contributed by atoms with van der Waals surface area (Å²) in [7, 11) is 1.89. The number of hydrogen-bond acceptors (Lipinski definition) is 2. The zero-order valence-corrected chi connectivity index (χ0v) is 8.87. The summed E-state index contributed by atoms with van der Waals surface area (Å²) < 4.78 is 7.26. The Balaban J connectivity index is 2.28. The fraction of sp³-hybridized carbons (Fsp3) is 0.700. The SMILES string of the molecule is Cn1cc(OCCC(C)(C)C)cn1. The van der Waals surface area contributed by atoms with Crippen molar-refractivity contribution >= 4 is 0 Å². The van der Waals surface area contributed by atoms with Gasteiger partial charge in [0.15, 0.2) is 5.75 Å². The van der Waals surface area contributed by atoms with Crippen LogP contribution >= 0.6 is 0 Å². The predicted molar refractivity (Wildman–Crippen MR) is 52.8 cm³/mol. The molecule has 1 aromatic rings. The predicted octanol–water partition coefficient (Wildman–Crippen LogP) is 2.24. The monoisotopic (exact) mass is 182 g/mol. The van der Waals surface area contributed by atoms with Crippen LogP contribution in [0.15, 0.2) is 12.4 Å². The Morgan fingerprint density at radius 3 is 2.62 bits per heavy atom. The molecule has 74 valence electrons. The zero-order chi connectivity index (χ0) is 9.90. The van der Waals surface area contributed by atoms with Crippen LogP contribution in [-0.4, -0.2) is 16.4 Å². The third-order valence-electron chi connectivity index (χ3n) is 1.80. The van der Waals surface area contributed by atoms with E-state index in [1.54, 1.807) is 10.9 Å². The zero-order valence-electron chi connectivity index (χ0n) is 8.87. The van der Waals surface area contributed by atoms with Gasteiger partial charge in [0.1, 0.15) is 0 Å². The fourth-order valence-electron chi connectivity index (χ4n) is 0.948. The Morgan fingerprint density at radius 1 is 1.46 bits per heavy atom. The Labute approximate surface area is 79.7 Å². The minimum Gasteiger partial charge on any atom is -0.490 e. The largest absolute Gasteiger partial charge is 0.490 e. The van der Waals surface area contributed by atoms with Gasteiger partial charge in [0.2, 0.25) is 0 Å². The molecular weight excluding hydrogens is 164 g/mol. The molecule has 13 heavy (non-hydrogen) atoms. The van der Waals surface area contributed by atoms with Gasteiger partial charge in [-0.15, -0.1) is 0 Å². The molecule has 0 N–H and O–H groups in total.